The Kier molecular flexibility index (Phi) is 8.64. The quantitative estimate of drug-likeness (QED) is 0.658. The third-order valence-electron chi connectivity index (χ3n) is 4.21. The van der Waals surface area contributed by atoms with Crippen LogP contribution in [0.25, 0.3) is 0 Å². The van der Waals surface area contributed by atoms with E-state index >= 15 is 0 Å². The number of likely N-dealkylation sites (tertiary alicyclic amines) is 1. The molecule has 1 fully saturated rings. The van der Waals surface area contributed by atoms with Crippen molar-refractivity contribution < 1.29 is 22.7 Å². The lowest BCUT2D eigenvalue weighted by molar-refractivity contribution is -0.129. The van der Waals surface area contributed by atoms with E-state index in [4.69, 9.17) is 4.74 Å². The molecule has 2 amide bonds. The van der Waals surface area contributed by atoms with Crippen molar-refractivity contribution in [2.24, 2.45) is 5.92 Å². The number of alkyl carbamates (subject to hydrolysis) is 1. The van der Waals surface area contributed by atoms with Gasteiger partial charge in [-0.25, -0.2) is 17.9 Å². The molecule has 1 aliphatic heterocycles. The second-order valence-electron chi connectivity index (χ2n) is 6.79. The first-order valence-electron chi connectivity index (χ1n) is 8.83. The van der Waals surface area contributed by atoms with Gasteiger partial charge in [-0.05, 0) is 32.1 Å². The third kappa shape index (κ3) is 7.60. The fraction of sp³-hybridized carbons (Fsp3) is 0.875. The standard InChI is InChI=1S/C16H31N3O5S/c1-5-24-16(21)18-14(10-12(2)3)11-17-25(22,23)15-6-8-19(9-7-15)13(4)20/h12,14-15,17H,5-11H2,1-4H3,(H,18,21)/t14-/m0/s1. The summed E-state index contributed by atoms with van der Waals surface area (Å²) >= 11 is 0. The molecule has 0 spiro atoms. The van der Waals surface area contributed by atoms with E-state index in [2.05, 4.69) is 10.0 Å². The first-order valence-corrected chi connectivity index (χ1v) is 10.4. The minimum atomic E-state index is -3.49. The molecule has 25 heavy (non-hydrogen) atoms. The van der Waals surface area contributed by atoms with Gasteiger partial charge in [0.05, 0.1) is 11.9 Å². The highest BCUT2D eigenvalue weighted by molar-refractivity contribution is 7.90. The second kappa shape index (κ2) is 9.96. The van der Waals surface area contributed by atoms with Crippen LogP contribution >= 0.6 is 0 Å². The van der Waals surface area contributed by atoms with Gasteiger partial charge in [-0.15, -0.1) is 0 Å². The van der Waals surface area contributed by atoms with Gasteiger partial charge in [-0.1, -0.05) is 13.8 Å². The maximum Gasteiger partial charge on any atom is 0.407 e. The van der Waals surface area contributed by atoms with E-state index in [1.54, 1.807) is 11.8 Å². The number of piperidine rings is 1. The summed E-state index contributed by atoms with van der Waals surface area (Å²) in [6.45, 7) is 8.52. The van der Waals surface area contributed by atoms with Crippen LogP contribution in [0.5, 0.6) is 0 Å². The van der Waals surface area contributed by atoms with E-state index < -0.39 is 21.4 Å². The third-order valence-corrected chi connectivity index (χ3v) is 6.13. The van der Waals surface area contributed by atoms with Crippen molar-refractivity contribution in [3.63, 3.8) is 0 Å². The zero-order valence-electron chi connectivity index (χ0n) is 15.6. The molecule has 1 saturated heterocycles. The van der Waals surface area contributed by atoms with E-state index in [-0.39, 0.29) is 25.1 Å². The fourth-order valence-electron chi connectivity index (χ4n) is 2.92. The first kappa shape index (κ1) is 21.7. The predicted octanol–water partition coefficient (Wildman–Crippen LogP) is 1.08. The van der Waals surface area contributed by atoms with Gasteiger partial charge in [0.15, 0.2) is 0 Å². The fourth-order valence-corrected chi connectivity index (χ4v) is 4.42. The highest BCUT2D eigenvalue weighted by Crippen LogP contribution is 2.17. The summed E-state index contributed by atoms with van der Waals surface area (Å²) in [6.07, 6.45) is 0.955. The van der Waals surface area contributed by atoms with Crippen LogP contribution < -0.4 is 10.0 Å². The number of hydrogen-bond acceptors (Lipinski definition) is 5. The van der Waals surface area contributed by atoms with E-state index in [9.17, 15) is 18.0 Å². The summed E-state index contributed by atoms with van der Waals surface area (Å²) in [7, 11) is -3.49. The summed E-state index contributed by atoms with van der Waals surface area (Å²) in [5.41, 5.74) is 0. The Morgan fingerprint density at radius 3 is 2.32 bits per heavy atom. The molecule has 0 bridgehead atoms. The van der Waals surface area contributed by atoms with E-state index in [1.165, 1.54) is 6.92 Å². The predicted molar refractivity (Wildman–Crippen MR) is 95.6 cm³/mol. The van der Waals surface area contributed by atoms with Crippen molar-refractivity contribution in [3.05, 3.63) is 0 Å². The molecule has 146 valence electrons. The van der Waals surface area contributed by atoms with Gasteiger partial charge < -0.3 is 15.0 Å². The average molecular weight is 378 g/mol. The van der Waals surface area contributed by atoms with Crippen LogP contribution in [0, 0.1) is 5.92 Å². The highest BCUT2D eigenvalue weighted by Gasteiger charge is 2.31. The van der Waals surface area contributed by atoms with Crippen molar-refractivity contribution >= 4 is 22.0 Å². The summed E-state index contributed by atoms with van der Waals surface area (Å²) in [6, 6.07) is -0.328. The number of sulfonamides is 1. The van der Waals surface area contributed by atoms with E-state index in [0.29, 0.717) is 38.3 Å². The number of carbonyl (C=O) groups excluding carboxylic acids is 2. The van der Waals surface area contributed by atoms with Crippen LogP contribution in [0.15, 0.2) is 0 Å². The Hall–Kier alpha value is -1.35. The molecular formula is C16H31N3O5S. The number of nitrogens with one attached hydrogen (secondary N) is 2. The van der Waals surface area contributed by atoms with E-state index in [0.717, 1.165) is 0 Å². The number of hydrogen-bond donors (Lipinski definition) is 2. The van der Waals surface area contributed by atoms with Crippen LogP contribution in [0.2, 0.25) is 0 Å². The molecule has 8 nitrogen and oxygen atoms in total. The van der Waals surface area contributed by atoms with Gasteiger partial charge in [-0.2, -0.15) is 0 Å². The number of rotatable bonds is 8. The lowest BCUT2D eigenvalue weighted by Gasteiger charge is -2.31. The van der Waals surface area contributed by atoms with Crippen LogP contribution in [-0.4, -0.2) is 62.9 Å². The normalized spacial score (nSPS) is 17.4. The zero-order valence-corrected chi connectivity index (χ0v) is 16.4. The number of nitrogens with zero attached hydrogens (tertiary/aromatic N) is 1. The van der Waals surface area contributed by atoms with Gasteiger partial charge in [0.1, 0.15) is 0 Å². The van der Waals surface area contributed by atoms with Gasteiger partial charge in [0.25, 0.3) is 0 Å². The van der Waals surface area contributed by atoms with Crippen LogP contribution in [0.1, 0.15) is 47.0 Å². The molecule has 0 unspecified atom stereocenters. The van der Waals surface area contributed by atoms with Gasteiger partial charge >= 0.3 is 6.09 Å². The largest absolute Gasteiger partial charge is 0.450 e. The SMILES string of the molecule is CCOC(=O)N[C@H](CNS(=O)(=O)C1CCN(C(C)=O)CC1)CC(C)C. The van der Waals surface area contributed by atoms with Gasteiger partial charge in [0.2, 0.25) is 15.9 Å². The van der Waals surface area contributed by atoms with Gasteiger partial charge in [0, 0.05) is 32.6 Å². The molecule has 1 atom stereocenters. The van der Waals surface area contributed by atoms with E-state index in [1.807, 2.05) is 13.8 Å². The van der Waals surface area contributed by atoms with Crippen molar-refractivity contribution in [1.29, 1.82) is 0 Å². The summed E-state index contributed by atoms with van der Waals surface area (Å²) in [5, 5.41) is 2.20. The van der Waals surface area contributed by atoms with Crippen molar-refractivity contribution in [2.75, 3.05) is 26.2 Å². The number of amides is 2. The molecule has 1 rings (SSSR count). The van der Waals surface area contributed by atoms with Gasteiger partial charge in [-0.3, -0.25) is 4.79 Å². The summed E-state index contributed by atoms with van der Waals surface area (Å²) < 4.78 is 32.5. The molecule has 0 radical (unpaired) electrons. The molecule has 2 N–H and O–H groups in total. The summed E-state index contributed by atoms with van der Waals surface area (Å²) in [5.74, 6) is 0.273. The Bertz CT molecular complexity index is 542. The maximum atomic E-state index is 12.5. The molecule has 0 aliphatic carbocycles. The smallest absolute Gasteiger partial charge is 0.407 e. The minimum Gasteiger partial charge on any atom is -0.450 e. The Morgan fingerprint density at radius 1 is 1.24 bits per heavy atom. The van der Waals surface area contributed by atoms with Crippen molar-refractivity contribution in [3.8, 4) is 0 Å². The zero-order chi connectivity index (χ0) is 19.0. The van der Waals surface area contributed by atoms with Crippen molar-refractivity contribution in [2.45, 2.75) is 58.2 Å². The highest BCUT2D eigenvalue weighted by atomic mass is 32.2. The molecule has 0 aromatic rings. The van der Waals surface area contributed by atoms with Crippen molar-refractivity contribution in [1.82, 2.24) is 14.9 Å². The maximum absolute atomic E-state index is 12.5. The lowest BCUT2D eigenvalue weighted by atomic mass is 10.0. The topological polar surface area (TPSA) is 105 Å². The molecule has 1 heterocycles. The molecule has 0 aromatic carbocycles. The monoisotopic (exact) mass is 377 g/mol. The molecule has 0 aromatic heterocycles. The lowest BCUT2D eigenvalue weighted by Crippen LogP contribution is -2.49. The Labute approximate surface area is 150 Å². The first-order chi connectivity index (χ1) is 11.7. The Morgan fingerprint density at radius 2 is 1.84 bits per heavy atom. The molecule has 0 saturated carbocycles. The molecular weight excluding hydrogens is 346 g/mol. The number of carbonyl (C=O) groups is 2. The Balaban J connectivity index is 2.58. The second-order valence-corrected chi connectivity index (χ2v) is 8.84. The van der Waals surface area contributed by atoms with Crippen LogP contribution in [-0.2, 0) is 19.6 Å². The minimum absolute atomic E-state index is 0.0283. The van der Waals surface area contributed by atoms with Crippen LogP contribution in [0.4, 0.5) is 4.79 Å². The summed E-state index contributed by atoms with van der Waals surface area (Å²) in [4.78, 5) is 24.6. The molecule has 9 heteroatoms. The van der Waals surface area contributed by atoms with Crippen LogP contribution in [0.3, 0.4) is 0 Å². The molecule has 1 aliphatic rings. The number of ether oxygens (including phenoxy) is 1. The average Bonchev–Trinajstić information content (AvgIpc) is 2.52.